The van der Waals surface area contributed by atoms with Crippen LogP contribution in [0.3, 0.4) is 0 Å². The van der Waals surface area contributed by atoms with Crippen molar-refractivity contribution in [2.75, 3.05) is 58.3 Å². The topological polar surface area (TPSA) is 131 Å². The van der Waals surface area contributed by atoms with E-state index in [1.54, 1.807) is 38.4 Å². The van der Waals surface area contributed by atoms with Crippen LogP contribution in [0.4, 0.5) is 11.4 Å². The molecule has 0 bridgehead atoms. The normalized spacial score (nSPS) is 22.2. The van der Waals surface area contributed by atoms with Crippen LogP contribution < -0.4 is 34.3 Å². The zero-order valence-electron chi connectivity index (χ0n) is 29.9. The summed E-state index contributed by atoms with van der Waals surface area (Å²) in [5, 5.41) is 17.8. The van der Waals surface area contributed by atoms with Crippen LogP contribution in [0.15, 0.2) is 54.7 Å². The van der Waals surface area contributed by atoms with Crippen molar-refractivity contribution >= 4 is 28.8 Å². The number of rotatable bonds is 12. The van der Waals surface area contributed by atoms with Crippen LogP contribution in [0, 0.1) is 5.41 Å². The van der Waals surface area contributed by atoms with Gasteiger partial charge in [-0.3, -0.25) is 9.59 Å². The van der Waals surface area contributed by atoms with Crippen molar-refractivity contribution in [1.82, 2.24) is 9.80 Å². The van der Waals surface area contributed by atoms with Crippen molar-refractivity contribution in [3.05, 3.63) is 71.4 Å². The predicted octanol–water partition coefficient (Wildman–Crippen LogP) is 5.76. The van der Waals surface area contributed by atoms with Gasteiger partial charge in [-0.15, -0.1) is 0 Å². The van der Waals surface area contributed by atoms with Gasteiger partial charge in [0.2, 0.25) is 0 Å². The number of ether oxygens (including phenoxy) is 5. The second-order valence-corrected chi connectivity index (χ2v) is 14.5. The molecule has 5 aliphatic rings. The molecule has 1 saturated carbocycles. The van der Waals surface area contributed by atoms with Crippen LogP contribution in [0.2, 0.25) is 0 Å². The highest BCUT2D eigenvalue weighted by atomic mass is 16.5. The molecule has 1 aliphatic carbocycles. The predicted molar refractivity (Wildman–Crippen MR) is 196 cm³/mol. The molecule has 1 saturated heterocycles. The summed E-state index contributed by atoms with van der Waals surface area (Å²) in [5.41, 5.74) is 4.60. The molecule has 3 N–H and O–H groups in total. The first-order valence-corrected chi connectivity index (χ1v) is 18.2. The van der Waals surface area contributed by atoms with Crippen molar-refractivity contribution in [3.8, 4) is 28.7 Å². The fourth-order valence-electron chi connectivity index (χ4n) is 8.04. The summed E-state index contributed by atoms with van der Waals surface area (Å²) in [6, 6.07) is 14.5. The van der Waals surface area contributed by atoms with E-state index in [1.807, 2.05) is 42.6 Å². The lowest BCUT2D eigenvalue weighted by atomic mass is 10.0. The highest BCUT2D eigenvalue weighted by Gasteiger charge is 2.54. The number of benzene rings is 3. The van der Waals surface area contributed by atoms with E-state index in [1.165, 1.54) is 12.8 Å². The van der Waals surface area contributed by atoms with Crippen molar-refractivity contribution in [3.63, 3.8) is 0 Å². The molecular formula is C40H46N4O8. The van der Waals surface area contributed by atoms with Gasteiger partial charge in [0.25, 0.3) is 11.8 Å². The first-order valence-electron chi connectivity index (χ1n) is 18.2. The Hall–Kier alpha value is -5.10. The molecule has 2 amide bonds. The Morgan fingerprint density at radius 2 is 1.46 bits per heavy atom. The molecule has 8 rings (SSSR count). The molecule has 4 heterocycles. The molecule has 12 nitrogen and oxygen atoms in total. The number of fused-ring (bicyclic) bond motifs is 4. The average Bonchev–Trinajstić information content (AvgIpc) is 3.66. The van der Waals surface area contributed by atoms with E-state index in [0.29, 0.717) is 64.9 Å². The van der Waals surface area contributed by atoms with E-state index >= 15 is 0 Å². The molecule has 1 spiro atoms. The van der Waals surface area contributed by atoms with E-state index in [-0.39, 0.29) is 17.9 Å². The van der Waals surface area contributed by atoms with Crippen molar-refractivity contribution < 1.29 is 38.4 Å². The van der Waals surface area contributed by atoms with Gasteiger partial charge < -0.3 is 49.2 Å². The Kier molecular flexibility index (Phi) is 9.02. The van der Waals surface area contributed by atoms with Gasteiger partial charge in [0, 0.05) is 37.5 Å². The van der Waals surface area contributed by atoms with Gasteiger partial charge in [0.15, 0.2) is 23.0 Å². The first-order chi connectivity index (χ1) is 25.3. The standard InChI is InChI=1S/C40H46N4O8/c1-48-27-9-7-24(8-10-27)25-15-32-37(45)42-31-19-36(34(50-3)17-29(31)38(46)43(32)22-25)52-14-6-4-5-13-51-35-18-30-28(16-33(35)49-2)39(47)44-23-40(11-12-40)20-26(44)21-41-30/h7-10,16-19,22,26,32,37,41-42,45H,4-6,11-15,20-21,23H2,1-3H3. The zero-order valence-corrected chi connectivity index (χ0v) is 29.9. The quantitative estimate of drug-likeness (QED) is 0.200. The molecule has 3 unspecified atom stereocenters. The number of amides is 2. The maximum Gasteiger partial charge on any atom is 0.260 e. The summed E-state index contributed by atoms with van der Waals surface area (Å²) in [4.78, 5) is 30.9. The van der Waals surface area contributed by atoms with Crippen LogP contribution in [-0.2, 0) is 0 Å². The zero-order chi connectivity index (χ0) is 36.0. The van der Waals surface area contributed by atoms with Crippen molar-refractivity contribution in [2.24, 2.45) is 5.41 Å². The molecular weight excluding hydrogens is 664 g/mol. The third-order valence-corrected chi connectivity index (χ3v) is 11.2. The lowest BCUT2D eigenvalue weighted by Crippen LogP contribution is -2.42. The molecule has 0 aromatic heterocycles. The summed E-state index contributed by atoms with van der Waals surface area (Å²) in [6.07, 6.45) is 7.27. The van der Waals surface area contributed by atoms with Crippen LogP contribution in [0.25, 0.3) is 5.57 Å². The minimum atomic E-state index is -0.986. The highest BCUT2D eigenvalue weighted by molar-refractivity contribution is 6.03. The SMILES string of the molecule is COc1ccc(C2=CN3C(=O)c4cc(OC)c(OCCCCCOc5cc6c(cc5OC)C(=O)N5CC7(CC7)CC5CN6)cc4NC(O)C3C2)cc1. The molecule has 52 heavy (non-hydrogen) atoms. The molecule has 3 atom stereocenters. The fraction of sp³-hybridized carbons (Fsp3) is 0.450. The molecule has 274 valence electrons. The van der Waals surface area contributed by atoms with E-state index in [9.17, 15) is 14.7 Å². The fourth-order valence-corrected chi connectivity index (χ4v) is 8.04. The number of nitrogens with one attached hydrogen (secondary N) is 2. The number of nitrogens with zero attached hydrogens (tertiary/aromatic N) is 2. The number of carbonyl (C=O) groups excluding carboxylic acids is 2. The van der Waals surface area contributed by atoms with Gasteiger partial charge in [-0.25, -0.2) is 0 Å². The number of hydrogen-bond acceptors (Lipinski definition) is 10. The average molecular weight is 711 g/mol. The third-order valence-electron chi connectivity index (χ3n) is 11.2. The van der Waals surface area contributed by atoms with Gasteiger partial charge >= 0.3 is 0 Å². The molecule has 12 heteroatoms. The molecule has 0 radical (unpaired) electrons. The van der Waals surface area contributed by atoms with Crippen LogP contribution in [-0.4, -0.2) is 92.7 Å². The second kappa shape index (κ2) is 13.8. The maximum atomic E-state index is 13.8. The highest BCUT2D eigenvalue weighted by Crippen LogP contribution is 2.55. The van der Waals surface area contributed by atoms with Gasteiger partial charge in [0.05, 0.1) is 63.1 Å². The summed E-state index contributed by atoms with van der Waals surface area (Å²) in [7, 11) is 4.77. The molecule has 3 aromatic rings. The van der Waals surface area contributed by atoms with Gasteiger partial charge in [-0.1, -0.05) is 12.1 Å². The van der Waals surface area contributed by atoms with Crippen molar-refractivity contribution in [1.29, 1.82) is 0 Å². The number of carbonyl (C=O) groups is 2. The summed E-state index contributed by atoms with van der Waals surface area (Å²) < 4.78 is 28.8. The molecule has 4 aliphatic heterocycles. The number of aliphatic hydroxyl groups excluding tert-OH is 1. The number of anilines is 2. The Bertz CT molecular complexity index is 1890. The molecule has 2 fully saturated rings. The smallest absolute Gasteiger partial charge is 0.260 e. The summed E-state index contributed by atoms with van der Waals surface area (Å²) >= 11 is 0. The summed E-state index contributed by atoms with van der Waals surface area (Å²) in [5.74, 6) is 2.70. The summed E-state index contributed by atoms with van der Waals surface area (Å²) in [6.45, 7) is 2.52. The largest absolute Gasteiger partial charge is 0.497 e. The lowest BCUT2D eigenvalue weighted by molar-refractivity contribution is 0.0644. The van der Waals surface area contributed by atoms with Crippen LogP contribution >= 0.6 is 0 Å². The van der Waals surface area contributed by atoms with Crippen molar-refractivity contribution in [2.45, 2.75) is 63.3 Å². The Balaban J connectivity index is 0.854. The minimum Gasteiger partial charge on any atom is -0.497 e. The number of methoxy groups -OCH3 is 3. The van der Waals surface area contributed by atoms with E-state index in [0.717, 1.165) is 61.3 Å². The lowest BCUT2D eigenvalue weighted by Gasteiger charge is -2.24. The Morgan fingerprint density at radius 1 is 0.808 bits per heavy atom. The van der Waals surface area contributed by atoms with Crippen LogP contribution in [0.1, 0.15) is 71.2 Å². The van der Waals surface area contributed by atoms with Gasteiger partial charge in [-0.05, 0) is 85.8 Å². The maximum absolute atomic E-state index is 13.8. The number of aliphatic hydroxyl groups is 1. The minimum absolute atomic E-state index is 0.0696. The van der Waals surface area contributed by atoms with Crippen LogP contribution in [0.5, 0.6) is 28.7 Å². The second-order valence-electron chi connectivity index (χ2n) is 14.5. The Morgan fingerprint density at radius 3 is 2.10 bits per heavy atom. The number of unbranched alkanes of at least 4 members (excludes halogenated alkanes) is 2. The van der Waals surface area contributed by atoms with Gasteiger partial charge in [0.1, 0.15) is 12.0 Å². The number of hydrogen-bond donors (Lipinski definition) is 3. The molecule has 3 aromatic carbocycles. The van der Waals surface area contributed by atoms with E-state index < -0.39 is 12.3 Å². The Labute approximate surface area is 303 Å². The van der Waals surface area contributed by atoms with E-state index in [4.69, 9.17) is 23.7 Å². The first kappa shape index (κ1) is 34.0. The third kappa shape index (κ3) is 6.33. The van der Waals surface area contributed by atoms with E-state index in [2.05, 4.69) is 15.5 Å². The van der Waals surface area contributed by atoms with Gasteiger partial charge in [-0.2, -0.15) is 0 Å². The monoisotopic (exact) mass is 710 g/mol.